The van der Waals surface area contributed by atoms with Crippen LogP contribution in [0.15, 0.2) is 24.3 Å². The molecule has 4 nitrogen and oxygen atoms in total. The van der Waals surface area contributed by atoms with Crippen LogP contribution in [0.3, 0.4) is 0 Å². The van der Waals surface area contributed by atoms with E-state index >= 15 is 0 Å². The Kier molecular flexibility index (Phi) is 5.26. The normalized spacial score (nSPS) is 12.7. The van der Waals surface area contributed by atoms with Gasteiger partial charge in [0.15, 0.2) is 0 Å². The number of hydrogen-bond acceptors (Lipinski definition) is 2. The lowest BCUT2D eigenvalue weighted by atomic mass is 10.1. The Balaban J connectivity index is 2.31. The summed E-state index contributed by atoms with van der Waals surface area (Å²) < 4.78 is 52.2. The molecule has 0 aliphatic rings. The molecule has 1 aromatic heterocycles. The van der Waals surface area contributed by atoms with Gasteiger partial charge in [-0.1, -0.05) is 18.2 Å². The van der Waals surface area contributed by atoms with Crippen molar-refractivity contribution in [1.29, 1.82) is 0 Å². The van der Waals surface area contributed by atoms with E-state index in [-0.39, 0.29) is 0 Å². The smallest absolute Gasteiger partial charge is 0.282 e. The maximum absolute atomic E-state index is 13.0. The summed E-state index contributed by atoms with van der Waals surface area (Å²) in [6.07, 6.45) is -6.00. The van der Waals surface area contributed by atoms with Crippen LogP contribution in [0.1, 0.15) is 48.3 Å². The SMILES string of the molecule is Cc1cccc(C)c1NC(=O)C(C)n1nc(C(F)F)cc1C(F)F. The number of carbonyl (C=O) groups excluding carboxylic acids is 1. The maximum Gasteiger partial charge on any atom is 0.282 e. The van der Waals surface area contributed by atoms with Gasteiger partial charge in [0, 0.05) is 5.69 Å². The first kappa shape index (κ1) is 18.0. The van der Waals surface area contributed by atoms with Crippen molar-refractivity contribution in [2.45, 2.75) is 39.7 Å². The van der Waals surface area contributed by atoms with E-state index in [0.29, 0.717) is 16.4 Å². The number of halogens is 4. The summed E-state index contributed by atoms with van der Waals surface area (Å²) in [6.45, 7) is 4.92. The maximum atomic E-state index is 13.0. The molecule has 1 N–H and O–H groups in total. The fourth-order valence-corrected chi connectivity index (χ4v) is 2.36. The van der Waals surface area contributed by atoms with E-state index in [0.717, 1.165) is 11.1 Å². The number of alkyl halides is 4. The highest BCUT2D eigenvalue weighted by Gasteiger charge is 2.27. The molecular formula is C16H17F4N3O. The molecule has 1 atom stereocenters. The zero-order valence-electron chi connectivity index (χ0n) is 13.4. The Bertz CT molecular complexity index is 723. The van der Waals surface area contributed by atoms with Gasteiger partial charge < -0.3 is 5.32 Å². The van der Waals surface area contributed by atoms with Gasteiger partial charge in [0.1, 0.15) is 17.4 Å². The second-order valence-electron chi connectivity index (χ2n) is 5.47. The molecule has 1 aromatic carbocycles. The fourth-order valence-electron chi connectivity index (χ4n) is 2.36. The lowest BCUT2D eigenvalue weighted by molar-refractivity contribution is -0.119. The number of nitrogens with zero attached hydrogens (tertiary/aromatic N) is 2. The molecule has 24 heavy (non-hydrogen) atoms. The van der Waals surface area contributed by atoms with Crippen LogP contribution in [-0.2, 0) is 4.79 Å². The molecule has 0 saturated heterocycles. The zero-order valence-corrected chi connectivity index (χ0v) is 13.4. The fraction of sp³-hybridized carbons (Fsp3) is 0.375. The molecule has 0 aliphatic heterocycles. The first-order valence-electron chi connectivity index (χ1n) is 7.25. The molecule has 0 fully saturated rings. The van der Waals surface area contributed by atoms with Crippen LogP contribution in [-0.4, -0.2) is 15.7 Å². The summed E-state index contributed by atoms with van der Waals surface area (Å²) in [5.74, 6) is -0.613. The van der Waals surface area contributed by atoms with E-state index < -0.39 is 36.2 Å². The number of carbonyl (C=O) groups is 1. The van der Waals surface area contributed by atoms with E-state index in [1.54, 1.807) is 26.0 Å². The summed E-state index contributed by atoms with van der Waals surface area (Å²) >= 11 is 0. The molecule has 2 aromatic rings. The van der Waals surface area contributed by atoms with E-state index in [1.165, 1.54) is 6.92 Å². The molecule has 2 rings (SSSR count). The lowest BCUT2D eigenvalue weighted by Crippen LogP contribution is -2.26. The number of aryl methyl sites for hydroxylation is 2. The minimum Gasteiger partial charge on any atom is -0.324 e. The third kappa shape index (κ3) is 3.58. The van der Waals surface area contributed by atoms with Gasteiger partial charge in [-0.3, -0.25) is 9.48 Å². The number of rotatable bonds is 5. The minimum absolute atomic E-state index is 0.564. The predicted octanol–water partition coefficient (Wildman–Crippen LogP) is 4.57. The van der Waals surface area contributed by atoms with Crippen LogP contribution < -0.4 is 5.32 Å². The average molecular weight is 343 g/mol. The van der Waals surface area contributed by atoms with Crippen molar-refractivity contribution >= 4 is 11.6 Å². The third-order valence-electron chi connectivity index (χ3n) is 3.71. The quantitative estimate of drug-likeness (QED) is 0.808. The number of anilines is 1. The van der Waals surface area contributed by atoms with Crippen LogP contribution in [0, 0.1) is 13.8 Å². The predicted molar refractivity (Wildman–Crippen MR) is 81.4 cm³/mol. The van der Waals surface area contributed by atoms with Crippen molar-refractivity contribution in [3.8, 4) is 0 Å². The first-order valence-corrected chi connectivity index (χ1v) is 7.25. The van der Waals surface area contributed by atoms with Crippen LogP contribution in [0.25, 0.3) is 0 Å². The monoisotopic (exact) mass is 343 g/mol. The molecule has 0 bridgehead atoms. The minimum atomic E-state index is -3.01. The summed E-state index contributed by atoms with van der Waals surface area (Å²) in [7, 11) is 0. The van der Waals surface area contributed by atoms with E-state index in [4.69, 9.17) is 0 Å². The van der Waals surface area contributed by atoms with Gasteiger partial charge in [-0.05, 0) is 38.0 Å². The Morgan fingerprint density at radius 3 is 2.21 bits per heavy atom. The van der Waals surface area contributed by atoms with Crippen molar-refractivity contribution in [2.75, 3.05) is 5.32 Å². The first-order chi connectivity index (χ1) is 11.2. The highest BCUT2D eigenvalue weighted by atomic mass is 19.3. The zero-order chi connectivity index (χ0) is 18.0. The third-order valence-corrected chi connectivity index (χ3v) is 3.71. The van der Waals surface area contributed by atoms with Gasteiger partial charge in [0.25, 0.3) is 12.9 Å². The number of nitrogens with one attached hydrogen (secondary N) is 1. The van der Waals surface area contributed by atoms with Crippen molar-refractivity contribution in [2.24, 2.45) is 0 Å². The summed E-state index contributed by atoms with van der Waals surface area (Å²) in [6, 6.07) is 4.86. The van der Waals surface area contributed by atoms with E-state index in [9.17, 15) is 22.4 Å². The van der Waals surface area contributed by atoms with Crippen LogP contribution >= 0.6 is 0 Å². The molecular weight excluding hydrogens is 326 g/mol. The van der Waals surface area contributed by atoms with Crippen molar-refractivity contribution in [3.63, 3.8) is 0 Å². The summed E-state index contributed by atoms with van der Waals surface area (Å²) in [5, 5.41) is 6.11. The Morgan fingerprint density at radius 1 is 1.12 bits per heavy atom. The van der Waals surface area contributed by atoms with E-state index in [1.807, 2.05) is 6.07 Å². The molecule has 0 radical (unpaired) electrons. The van der Waals surface area contributed by atoms with Gasteiger partial charge in [-0.2, -0.15) is 5.10 Å². The number of hydrogen-bond donors (Lipinski definition) is 1. The number of aromatic nitrogens is 2. The van der Waals surface area contributed by atoms with Gasteiger partial charge in [-0.15, -0.1) is 0 Å². The second-order valence-corrected chi connectivity index (χ2v) is 5.47. The van der Waals surface area contributed by atoms with Crippen LogP contribution in [0.2, 0.25) is 0 Å². The molecule has 8 heteroatoms. The largest absolute Gasteiger partial charge is 0.324 e. The lowest BCUT2D eigenvalue weighted by Gasteiger charge is -2.17. The Hall–Kier alpha value is -2.38. The van der Waals surface area contributed by atoms with Crippen molar-refractivity contribution in [3.05, 3.63) is 46.8 Å². The number of benzene rings is 1. The van der Waals surface area contributed by atoms with Crippen LogP contribution in [0.5, 0.6) is 0 Å². The number of amides is 1. The molecule has 1 heterocycles. The Morgan fingerprint density at radius 2 is 1.71 bits per heavy atom. The van der Waals surface area contributed by atoms with Crippen molar-refractivity contribution < 1.29 is 22.4 Å². The molecule has 1 unspecified atom stereocenters. The topological polar surface area (TPSA) is 46.9 Å². The molecule has 0 aliphatic carbocycles. The van der Waals surface area contributed by atoms with Crippen LogP contribution in [0.4, 0.5) is 23.2 Å². The van der Waals surface area contributed by atoms with E-state index in [2.05, 4.69) is 10.4 Å². The summed E-state index contributed by atoms with van der Waals surface area (Å²) in [4.78, 5) is 12.4. The summed E-state index contributed by atoms with van der Waals surface area (Å²) in [5.41, 5.74) is 0.678. The van der Waals surface area contributed by atoms with Gasteiger partial charge in [0.2, 0.25) is 5.91 Å². The standard InChI is InChI=1S/C16H17F4N3O/c1-8-5-4-6-9(2)13(8)21-16(24)10(3)23-12(15(19)20)7-11(22-23)14(17)18/h4-7,10,14-15H,1-3H3,(H,21,24). The molecule has 0 saturated carbocycles. The number of para-hydroxylation sites is 1. The Labute approximate surface area is 136 Å². The van der Waals surface area contributed by atoms with Gasteiger partial charge in [-0.25, -0.2) is 17.6 Å². The van der Waals surface area contributed by atoms with Gasteiger partial charge in [0.05, 0.1) is 0 Å². The van der Waals surface area contributed by atoms with Gasteiger partial charge >= 0.3 is 0 Å². The highest BCUT2D eigenvalue weighted by Crippen LogP contribution is 2.28. The molecule has 0 spiro atoms. The van der Waals surface area contributed by atoms with Crippen molar-refractivity contribution in [1.82, 2.24) is 9.78 Å². The average Bonchev–Trinajstić information content (AvgIpc) is 2.95. The highest BCUT2D eigenvalue weighted by molar-refractivity contribution is 5.94. The molecule has 1 amide bonds. The second kappa shape index (κ2) is 7.02. The molecule has 130 valence electrons.